The maximum Gasteiger partial charge on any atom is 0.139 e. The highest BCUT2D eigenvalue weighted by Crippen LogP contribution is 2.34. The van der Waals surface area contributed by atoms with Crippen LogP contribution in [0.4, 0.5) is 4.39 Å². The van der Waals surface area contributed by atoms with Gasteiger partial charge in [0.1, 0.15) is 11.6 Å². The van der Waals surface area contributed by atoms with Gasteiger partial charge in [-0.15, -0.1) is 0 Å². The molecule has 2 nitrogen and oxygen atoms in total. The molecule has 0 spiro atoms. The molecular formula is C31H19FN2. The minimum Gasteiger partial charge on any atom is -0.338 e. The Kier molecular flexibility index (Phi) is 4.06. The van der Waals surface area contributed by atoms with E-state index in [9.17, 15) is 4.39 Å². The van der Waals surface area contributed by atoms with Crippen molar-refractivity contribution in [3.05, 3.63) is 115 Å². The number of benzene rings is 6. The summed E-state index contributed by atoms with van der Waals surface area (Å²) in [6.45, 7) is 0. The molecule has 0 aliphatic carbocycles. The summed E-state index contributed by atoms with van der Waals surface area (Å²) in [6.07, 6.45) is 0. The second kappa shape index (κ2) is 7.26. The molecule has 3 heteroatoms. The summed E-state index contributed by atoms with van der Waals surface area (Å²) < 4.78 is 14.3. The van der Waals surface area contributed by atoms with Crippen LogP contribution in [0.2, 0.25) is 0 Å². The molecule has 6 aromatic carbocycles. The topological polar surface area (TPSA) is 28.7 Å². The molecule has 0 aliphatic rings. The number of hydrogen-bond acceptors (Lipinski definition) is 1. The zero-order valence-electron chi connectivity index (χ0n) is 18.2. The fraction of sp³-hybridized carbons (Fsp3) is 0. The summed E-state index contributed by atoms with van der Waals surface area (Å²) in [4.78, 5) is 8.43. The highest BCUT2D eigenvalue weighted by Gasteiger charge is 2.12. The normalized spacial score (nSPS) is 11.7. The summed E-state index contributed by atoms with van der Waals surface area (Å²) in [7, 11) is 0. The van der Waals surface area contributed by atoms with Crippen LogP contribution in [-0.4, -0.2) is 9.97 Å². The van der Waals surface area contributed by atoms with Gasteiger partial charge in [0.25, 0.3) is 0 Å². The highest BCUT2D eigenvalue weighted by atomic mass is 19.1. The monoisotopic (exact) mass is 438 g/mol. The summed E-state index contributed by atoms with van der Waals surface area (Å²) in [6, 6.07) is 36.5. The third-order valence-electron chi connectivity index (χ3n) is 6.66. The standard InChI is InChI=1S/C31H19FN2/c32-28-13-5-9-21-16-26-20(17-27(21)28)8-4-12-25(26)31-33-29-15-14-22(18-30(29)34-31)24-11-3-7-19-6-1-2-10-23(19)24/h1-18H,(H,33,34). The van der Waals surface area contributed by atoms with Crippen LogP contribution in [0.15, 0.2) is 109 Å². The van der Waals surface area contributed by atoms with Gasteiger partial charge in [-0.3, -0.25) is 0 Å². The molecule has 0 fully saturated rings. The molecule has 0 amide bonds. The van der Waals surface area contributed by atoms with Gasteiger partial charge in [-0.25, -0.2) is 9.37 Å². The number of fused-ring (bicyclic) bond motifs is 4. The van der Waals surface area contributed by atoms with Gasteiger partial charge in [-0.2, -0.15) is 0 Å². The van der Waals surface area contributed by atoms with Gasteiger partial charge in [0.15, 0.2) is 0 Å². The van der Waals surface area contributed by atoms with Crippen LogP contribution in [0.25, 0.3) is 65.9 Å². The largest absolute Gasteiger partial charge is 0.338 e. The fourth-order valence-corrected chi connectivity index (χ4v) is 5.00. The van der Waals surface area contributed by atoms with Crippen molar-refractivity contribution in [2.45, 2.75) is 0 Å². The van der Waals surface area contributed by atoms with Gasteiger partial charge in [-0.1, -0.05) is 78.9 Å². The van der Waals surface area contributed by atoms with Crippen LogP contribution < -0.4 is 0 Å². The van der Waals surface area contributed by atoms with Crippen LogP contribution in [0.1, 0.15) is 0 Å². The maximum absolute atomic E-state index is 14.3. The maximum atomic E-state index is 14.3. The van der Waals surface area contributed by atoms with Crippen LogP contribution in [-0.2, 0) is 0 Å². The average Bonchev–Trinajstić information content (AvgIpc) is 3.30. The number of nitrogens with zero attached hydrogens (tertiary/aromatic N) is 1. The lowest BCUT2D eigenvalue weighted by Gasteiger charge is -2.07. The number of rotatable bonds is 2. The van der Waals surface area contributed by atoms with Gasteiger partial charge >= 0.3 is 0 Å². The molecular weight excluding hydrogens is 419 g/mol. The van der Waals surface area contributed by atoms with Crippen molar-refractivity contribution in [3.8, 4) is 22.5 Å². The molecule has 0 saturated carbocycles. The molecule has 0 radical (unpaired) electrons. The smallest absolute Gasteiger partial charge is 0.139 e. The van der Waals surface area contributed by atoms with Crippen LogP contribution in [0.5, 0.6) is 0 Å². The second-order valence-electron chi connectivity index (χ2n) is 8.68. The molecule has 0 aliphatic heterocycles. The zero-order valence-corrected chi connectivity index (χ0v) is 18.2. The molecule has 1 N–H and O–H groups in total. The Morgan fingerprint density at radius 1 is 0.559 bits per heavy atom. The van der Waals surface area contributed by atoms with Crippen LogP contribution in [0, 0.1) is 5.82 Å². The number of imidazole rings is 1. The van der Waals surface area contributed by atoms with E-state index in [1.165, 1.54) is 22.4 Å². The van der Waals surface area contributed by atoms with E-state index in [1.54, 1.807) is 6.07 Å². The first-order valence-corrected chi connectivity index (χ1v) is 11.3. The van der Waals surface area contributed by atoms with E-state index in [1.807, 2.05) is 24.3 Å². The zero-order chi connectivity index (χ0) is 22.6. The van der Waals surface area contributed by atoms with Gasteiger partial charge in [-0.05, 0) is 68.4 Å². The van der Waals surface area contributed by atoms with Crippen molar-refractivity contribution in [2.24, 2.45) is 0 Å². The van der Waals surface area contributed by atoms with Crippen molar-refractivity contribution in [1.29, 1.82) is 0 Å². The second-order valence-corrected chi connectivity index (χ2v) is 8.68. The van der Waals surface area contributed by atoms with Crippen molar-refractivity contribution in [2.75, 3.05) is 0 Å². The van der Waals surface area contributed by atoms with Gasteiger partial charge < -0.3 is 4.98 Å². The van der Waals surface area contributed by atoms with Crippen molar-refractivity contribution >= 4 is 43.4 Å². The first-order chi connectivity index (χ1) is 16.7. The minimum atomic E-state index is -0.200. The first kappa shape index (κ1) is 19.0. The van der Waals surface area contributed by atoms with Gasteiger partial charge in [0, 0.05) is 10.9 Å². The Labute approximate surface area is 195 Å². The molecule has 0 atom stereocenters. The van der Waals surface area contributed by atoms with E-state index in [4.69, 9.17) is 4.98 Å². The van der Waals surface area contributed by atoms with E-state index < -0.39 is 0 Å². The number of halogens is 1. The van der Waals surface area contributed by atoms with Crippen molar-refractivity contribution in [3.63, 3.8) is 0 Å². The molecule has 160 valence electrons. The van der Waals surface area contributed by atoms with Crippen LogP contribution in [0.3, 0.4) is 0 Å². The average molecular weight is 439 g/mol. The quantitative estimate of drug-likeness (QED) is 0.269. The predicted molar refractivity (Wildman–Crippen MR) is 139 cm³/mol. The Bertz CT molecular complexity index is 1880. The van der Waals surface area contributed by atoms with E-state index in [2.05, 4.69) is 77.8 Å². The van der Waals surface area contributed by atoms with E-state index in [0.717, 1.165) is 44.1 Å². The van der Waals surface area contributed by atoms with Crippen LogP contribution >= 0.6 is 0 Å². The minimum absolute atomic E-state index is 0.200. The van der Waals surface area contributed by atoms with Gasteiger partial charge in [0.2, 0.25) is 0 Å². The number of aromatic amines is 1. The summed E-state index contributed by atoms with van der Waals surface area (Å²) in [5.74, 6) is 0.612. The molecule has 0 unspecified atom stereocenters. The lowest BCUT2D eigenvalue weighted by Crippen LogP contribution is -1.86. The number of hydrogen-bond donors (Lipinski definition) is 1. The summed E-state index contributed by atoms with van der Waals surface area (Å²) >= 11 is 0. The van der Waals surface area contributed by atoms with E-state index in [-0.39, 0.29) is 5.82 Å². The predicted octanol–water partition coefficient (Wildman–Crippen LogP) is 8.50. The van der Waals surface area contributed by atoms with Crippen molar-refractivity contribution in [1.82, 2.24) is 9.97 Å². The Balaban J connectivity index is 1.40. The highest BCUT2D eigenvalue weighted by molar-refractivity contribution is 6.05. The molecule has 1 heterocycles. The third-order valence-corrected chi connectivity index (χ3v) is 6.66. The first-order valence-electron chi connectivity index (χ1n) is 11.3. The number of aromatic nitrogens is 2. The van der Waals surface area contributed by atoms with E-state index in [0.29, 0.717) is 5.39 Å². The Morgan fingerprint density at radius 3 is 2.18 bits per heavy atom. The SMILES string of the molecule is Fc1cccc2cc3c(-c4nc5ccc(-c6cccc7ccccc67)cc5[nH]4)cccc3cc12. The molecule has 7 rings (SSSR count). The molecule has 34 heavy (non-hydrogen) atoms. The summed E-state index contributed by atoms with van der Waals surface area (Å²) in [5.41, 5.74) is 5.27. The van der Waals surface area contributed by atoms with Crippen molar-refractivity contribution < 1.29 is 4.39 Å². The molecule has 7 aromatic rings. The van der Waals surface area contributed by atoms with Gasteiger partial charge in [0.05, 0.1) is 11.0 Å². The fourth-order valence-electron chi connectivity index (χ4n) is 5.00. The number of H-pyrrole nitrogens is 1. The third kappa shape index (κ3) is 2.91. The molecule has 0 bridgehead atoms. The molecule has 0 saturated heterocycles. The Morgan fingerprint density at radius 2 is 1.26 bits per heavy atom. The summed E-state index contributed by atoms with van der Waals surface area (Å²) in [5, 5.41) is 6.02. The lowest BCUT2D eigenvalue weighted by atomic mass is 9.98. The lowest BCUT2D eigenvalue weighted by molar-refractivity contribution is 0.640. The Hall–Kier alpha value is -4.50. The molecule has 1 aromatic heterocycles. The number of nitrogens with one attached hydrogen (secondary N) is 1. The van der Waals surface area contributed by atoms with E-state index >= 15 is 0 Å².